The maximum Gasteiger partial charge on any atom is 0.271 e. The Labute approximate surface area is 275 Å². The molecule has 0 radical (unpaired) electrons. The third-order valence-corrected chi connectivity index (χ3v) is 8.04. The molecule has 4 N–H and O–H groups in total. The van der Waals surface area contributed by atoms with Crippen LogP contribution < -0.4 is 16.1 Å². The van der Waals surface area contributed by atoms with Gasteiger partial charge in [0.15, 0.2) is 0 Å². The molecule has 8 nitrogen and oxygen atoms in total. The summed E-state index contributed by atoms with van der Waals surface area (Å²) in [5.41, 5.74) is 5.30. The number of hydrogen-bond donors (Lipinski definition) is 4. The average Bonchev–Trinajstić information content (AvgIpc) is 3.09. The molecule has 0 aliphatic heterocycles. The van der Waals surface area contributed by atoms with Gasteiger partial charge >= 0.3 is 0 Å². The Hall–Kier alpha value is -5.99. The minimum atomic E-state index is -0.868. The normalized spacial score (nSPS) is 11.8. The second kappa shape index (κ2) is 14.0. The average molecular weight is 641 g/mol. The van der Waals surface area contributed by atoms with Crippen LogP contribution in [-0.2, 0) is 11.2 Å². The number of benzene rings is 6. The molecule has 1 atom stereocenters. The SMILES string of the molecule is O=C(N/N=C/c1ccc(C(=O)N[C@@H](Cc2ccccc2)C(=O)Nc2cccc3ccccc23)c2ccccc12)c1ccc(O)c(Cl)c1. The van der Waals surface area contributed by atoms with Crippen LogP contribution in [-0.4, -0.2) is 35.1 Å². The molecule has 0 saturated carbocycles. The molecule has 0 bridgehead atoms. The quantitative estimate of drug-likeness (QED) is 0.0996. The van der Waals surface area contributed by atoms with Gasteiger partial charge in [0.2, 0.25) is 5.91 Å². The van der Waals surface area contributed by atoms with Crippen molar-refractivity contribution < 1.29 is 19.5 Å². The lowest BCUT2D eigenvalue weighted by molar-refractivity contribution is -0.118. The molecule has 232 valence electrons. The molecular weight excluding hydrogens is 612 g/mol. The van der Waals surface area contributed by atoms with Gasteiger partial charge in [0.05, 0.1) is 11.2 Å². The number of aromatic hydroxyl groups is 1. The summed E-state index contributed by atoms with van der Waals surface area (Å²) in [5.74, 6) is -1.37. The number of anilines is 1. The summed E-state index contributed by atoms with van der Waals surface area (Å²) in [6.07, 6.45) is 1.78. The standard InChI is InChI=1S/C38H29ClN4O4/c39-32-22-26(18-20-35(32)44)36(45)43-40-23-27-17-19-31(30-15-7-6-13-28(27)30)37(46)42-34(21-24-9-2-1-3-10-24)38(47)41-33-16-8-12-25-11-4-5-14-29(25)33/h1-20,22-23,34,44H,21H2,(H,41,47)(H,42,46)(H,43,45)/b40-23+/t34-/m0/s1. The van der Waals surface area contributed by atoms with Crippen molar-refractivity contribution >= 4 is 62.8 Å². The van der Waals surface area contributed by atoms with E-state index in [9.17, 15) is 19.5 Å². The zero-order valence-electron chi connectivity index (χ0n) is 25.0. The number of phenols is 1. The highest BCUT2D eigenvalue weighted by Gasteiger charge is 2.24. The zero-order valence-corrected chi connectivity index (χ0v) is 25.7. The van der Waals surface area contributed by atoms with Gasteiger partial charge in [-0.05, 0) is 52.1 Å². The summed E-state index contributed by atoms with van der Waals surface area (Å²) in [7, 11) is 0. The number of hydrogen-bond acceptors (Lipinski definition) is 5. The van der Waals surface area contributed by atoms with Crippen LogP contribution in [0.5, 0.6) is 5.75 Å². The number of amides is 3. The molecule has 3 amide bonds. The van der Waals surface area contributed by atoms with E-state index >= 15 is 0 Å². The Morgan fingerprint density at radius 3 is 2.23 bits per heavy atom. The molecule has 0 aromatic heterocycles. The minimum absolute atomic E-state index is 0.0542. The third-order valence-electron chi connectivity index (χ3n) is 7.73. The zero-order chi connectivity index (χ0) is 32.8. The van der Waals surface area contributed by atoms with Crippen LogP contribution in [0.1, 0.15) is 31.8 Å². The highest BCUT2D eigenvalue weighted by molar-refractivity contribution is 6.32. The molecule has 6 rings (SSSR count). The van der Waals surface area contributed by atoms with E-state index in [2.05, 4.69) is 21.2 Å². The molecule has 0 spiro atoms. The Morgan fingerprint density at radius 1 is 0.745 bits per heavy atom. The Kier molecular flexibility index (Phi) is 9.22. The van der Waals surface area contributed by atoms with Gasteiger partial charge in [-0.3, -0.25) is 14.4 Å². The number of nitrogens with zero attached hydrogens (tertiary/aromatic N) is 1. The summed E-state index contributed by atoms with van der Waals surface area (Å²) >= 11 is 5.92. The number of carbonyl (C=O) groups excluding carboxylic acids is 3. The first-order chi connectivity index (χ1) is 22.9. The van der Waals surface area contributed by atoms with Crippen LogP contribution >= 0.6 is 11.6 Å². The predicted octanol–water partition coefficient (Wildman–Crippen LogP) is 7.10. The smallest absolute Gasteiger partial charge is 0.271 e. The fourth-order valence-corrected chi connectivity index (χ4v) is 5.54. The van der Waals surface area contributed by atoms with Gasteiger partial charge in [0, 0.05) is 34.2 Å². The summed E-state index contributed by atoms with van der Waals surface area (Å²) < 4.78 is 0. The first-order valence-electron chi connectivity index (χ1n) is 14.8. The number of rotatable bonds is 9. The number of nitrogens with one attached hydrogen (secondary N) is 3. The van der Waals surface area contributed by atoms with Gasteiger partial charge < -0.3 is 15.7 Å². The van der Waals surface area contributed by atoms with E-state index in [1.54, 1.807) is 12.1 Å². The van der Waals surface area contributed by atoms with Crippen LogP contribution in [0, 0.1) is 0 Å². The number of fused-ring (bicyclic) bond motifs is 2. The van der Waals surface area contributed by atoms with Crippen LogP contribution in [0.25, 0.3) is 21.5 Å². The summed E-state index contributed by atoms with van der Waals surface area (Å²) in [4.78, 5) is 40.1. The van der Waals surface area contributed by atoms with Gasteiger partial charge in [0.25, 0.3) is 11.8 Å². The minimum Gasteiger partial charge on any atom is -0.506 e. The lowest BCUT2D eigenvalue weighted by Gasteiger charge is -2.20. The Morgan fingerprint density at radius 2 is 1.45 bits per heavy atom. The molecule has 0 saturated heterocycles. The fraction of sp³-hybridized carbons (Fsp3) is 0.0526. The number of hydrazone groups is 1. The van der Waals surface area contributed by atoms with Crippen molar-refractivity contribution in [1.29, 1.82) is 0 Å². The molecule has 47 heavy (non-hydrogen) atoms. The van der Waals surface area contributed by atoms with Crippen molar-refractivity contribution in [2.45, 2.75) is 12.5 Å². The van der Waals surface area contributed by atoms with Gasteiger partial charge in [-0.25, -0.2) is 5.43 Å². The molecule has 0 heterocycles. The van der Waals surface area contributed by atoms with Crippen LogP contribution in [0.3, 0.4) is 0 Å². The molecular formula is C38H29ClN4O4. The van der Waals surface area contributed by atoms with Crippen LogP contribution in [0.4, 0.5) is 5.69 Å². The third kappa shape index (κ3) is 7.13. The van der Waals surface area contributed by atoms with Crippen molar-refractivity contribution in [2.24, 2.45) is 5.10 Å². The molecule has 0 unspecified atom stereocenters. The second-order valence-electron chi connectivity index (χ2n) is 10.8. The van der Waals surface area contributed by atoms with E-state index < -0.39 is 17.9 Å². The van der Waals surface area contributed by atoms with Crippen molar-refractivity contribution in [3.8, 4) is 5.75 Å². The van der Waals surface area contributed by atoms with Crippen molar-refractivity contribution in [1.82, 2.24) is 10.7 Å². The molecule has 6 aromatic rings. The van der Waals surface area contributed by atoms with Gasteiger partial charge in [-0.15, -0.1) is 0 Å². The van der Waals surface area contributed by atoms with E-state index in [1.807, 2.05) is 97.1 Å². The number of halogens is 1. The summed E-state index contributed by atoms with van der Waals surface area (Å²) in [6, 6.07) is 37.0. The van der Waals surface area contributed by atoms with Crippen LogP contribution in [0.2, 0.25) is 5.02 Å². The topological polar surface area (TPSA) is 120 Å². The molecule has 9 heteroatoms. The summed E-state index contributed by atoms with van der Waals surface area (Å²) in [5, 5.41) is 23.0. The lowest BCUT2D eigenvalue weighted by Crippen LogP contribution is -2.45. The number of phenolic OH excluding ortho intramolecular Hbond substituents is 1. The first-order valence-corrected chi connectivity index (χ1v) is 15.2. The van der Waals surface area contributed by atoms with E-state index in [1.165, 1.54) is 24.4 Å². The van der Waals surface area contributed by atoms with E-state index in [4.69, 9.17) is 11.6 Å². The molecule has 0 fully saturated rings. The number of carbonyl (C=O) groups is 3. The van der Waals surface area contributed by atoms with Crippen LogP contribution in [0.15, 0.2) is 132 Å². The molecule has 0 aliphatic carbocycles. The van der Waals surface area contributed by atoms with Gasteiger partial charge in [-0.1, -0.05) is 109 Å². The van der Waals surface area contributed by atoms with E-state index in [0.717, 1.165) is 21.7 Å². The fourth-order valence-electron chi connectivity index (χ4n) is 5.36. The maximum absolute atomic E-state index is 13.8. The van der Waals surface area contributed by atoms with Gasteiger partial charge in [-0.2, -0.15) is 5.10 Å². The predicted molar refractivity (Wildman–Crippen MR) is 186 cm³/mol. The Bertz CT molecular complexity index is 2140. The second-order valence-corrected chi connectivity index (χ2v) is 11.3. The van der Waals surface area contributed by atoms with E-state index in [0.29, 0.717) is 22.2 Å². The van der Waals surface area contributed by atoms with Crippen molar-refractivity contribution in [3.63, 3.8) is 0 Å². The van der Waals surface area contributed by atoms with Crippen molar-refractivity contribution in [3.05, 3.63) is 155 Å². The molecule has 6 aromatic carbocycles. The highest BCUT2D eigenvalue weighted by atomic mass is 35.5. The van der Waals surface area contributed by atoms with Crippen molar-refractivity contribution in [2.75, 3.05) is 5.32 Å². The van der Waals surface area contributed by atoms with E-state index in [-0.39, 0.29) is 28.7 Å². The maximum atomic E-state index is 13.8. The van der Waals surface area contributed by atoms with Gasteiger partial charge in [0.1, 0.15) is 11.8 Å². The Balaban J connectivity index is 1.24. The largest absolute Gasteiger partial charge is 0.506 e. The monoisotopic (exact) mass is 640 g/mol. The lowest BCUT2D eigenvalue weighted by atomic mass is 9.98. The highest BCUT2D eigenvalue weighted by Crippen LogP contribution is 2.26. The molecule has 0 aliphatic rings. The first kappa shape index (κ1) is 31.0. The summed E-state index contributed by atoms with van der Waals surface area (Å²) in [6.45, 7) is 0.